The highest BCUT2D eigenvalue weighted by Crippen LogP contribution is 2.14. The van der Waals surface area contributed by atoms with Crippen LogP contribution in [0.3, 0.4) is 0 Å². The topological polar surface area (TPSA) is 33.1 Å². The third-order valence-corrected chi connectivity index (χ3v) is 2.96. The van der Waals surface area contributed by atoms with E-state index in [0.29, 0.717) is 18.4 Å². The quantitative estimate of drug-likeness (QED) is 0.899. The third kappa shape index (κ3) is 4.10. The predicted octanol–water partition coefficient (Wildman–Crippen LogP) is 2.90. The Bertz CT molecular complexity index is 531. The zero-order valence-corrected chi connectivity index (χ0v) is 10.4. The molecule has 4 heteroatoms. The zero-order chi connectivity index (χ0) is 13.7. The lowest BCUT2D eigenvalue weighted by Crippen LogP contribution is -2.13. The molecule has 0 aliphatic heterocycles. The van der Waals surface area contributed by atoms with Crippen LogP contribution in [-0.4, -0.2) is 16.2 Å². The van der Waals surface area contributed by atoms with Crippen molar-refractivity contribution in [1.82, 2.24) is 4.98 Å². The number of aliphatic hydroxyl groups excluding tert-OH is 1. The summed E-state index contributed by atoms with van der Waals surface area (Å²) >= 11 is 0. The lowest BCUT2D eigenvalue weighted by atomic mass is 10.0. The van der Waals surface area contributed by atoms with Crippen LogP contribution in [0.15, 0.2) is 42.7 Å². The normalized spacial score (nSPS) is 12.4. The second kappa shape index (κ2) is 6.38. The molecule has 0 saturated heterocycles. The Labute approximate surface area is 110 Å². The Morgan fingerprint density at radius 2 is 2.05 bits per heavy atom. The lowest BCUT2D eigenvalue weighted by Gasteiger charge is -2.11. The van der Waals surface area contributed by atoms with E-state index in [0.717, 1.165) is 11.6 Å². The zero-order valence-electron chi connectivity index (χ0n) is 10.4. The van der Waals surface area contributed by atoms with E-state index in [1.807, 2.05) is 12.1 Å². The van der Waals surface area contributed by atoms with Crippen molar-refractivity contribution < 1.29 is 13.9 Å². The highest BCUT2D eigenvalue weighted by Gasteiger charge is 2.10. The average molecular weight is 263 g/mol. The molecule has 1 aromatic carbocycles. The van der Waals surface area contributed by atoms with Crippen molar-refractivity contribution in [2.75, 3.05) is 0 Å². The minimum absolute atomic E-state index is 0.187. The van der Waals surface area contributed by atoms with Crippen LogP contribution in [0.1, 0.15) is 17.5 Å². The number of hydrogen-bond donors (Lipinski definition) is 1. The number of rotatable bonds is 5. The molecule has 2 aromatic rings. The van der Waals surface area contributed by atoms with Gasteiger partial charge in [-0.1, -0.05) is 12.1 Å². The average Bonchev–Trinajstić information content (AvgIpc) is 2.41. The van der Waals surface area contributed by atoms with Crippen molar-refractivity contribution in [3.05, 3.63) is 65.5 Å². The molecule has 1 unspecified atom stereocenters. The molecule has 2 rings (SSSR count). The van der Waals surface area contributed by atoms with Crippen LogP contribution in [0.2, 0.25) is 0 Å². The molecule has 0 aliphatic rings. The second-order valence-corrected chi connectivity index (χ2v) is 4.49. The number of benzene rings is 1. The molecule has 0 radical (unpaired) electrons. The summed E-state index contributed by atoms with van der Waals surface area (Å²) in [6, 6.07) is 7.17. The van der Waals surface area contributed by atoms with Crippen LogP contribution < -0.4 is 0 Å². The molecule has 100 valence electrons. The Morgan fingerprint density at radius 1 is 1.21 bits per heavy atom. The summed E-state index contributed by atoms with van der Waals surface area (Å²) in [5.74, 6) is -1.22. The van der Waals surface area contributed by atoms with Crippen molar-refractivity contribution in [2.45, 2.75) is 25.4 Å². The van der Waals surface area contributed by atoms with Gasteiger partial charge in [0, 0.05) is 24.9 Å². The third-order valence-electron chi connectivity index (χ3n) is 2.96. The number of nitrogens with zero attached hydrogens (tertiary/aromatic N) is 1. The minimum Gasteiger partial charge on any atom is -0.393 e. The van der Waals surface area contributed by atoms with Gasteiger partial charge in [0.1, 0.15) is 11.6 Å². The molecule has 1 heterocycles. The number of aromatic nitrogens is 1. The van der Waals surface area contributed by atoms with Gasteiger partial charge in [-0.15, -0.1) is 0 Å². The molecule has 0 saturated carbocycles. The van der Waals surface area contributed by atoms with Gasteiger partial charge in [0.05, 0.1) is 6.10 Å². The van der Waals surface area contributed by atoms with Gasteiger partial charge in [-0.05, 0) is 36.1 Å². The summed E-state index contributed by atoms with van der Waals surface area (Å²) < 4.78 is 26.2. The van der Waals surface area contributed by atoms with E-state index in [-0.39, 0.29) is 6.42 Å². The van der Waals surface area contributed by atoms with Crippen molar-refractivity contribution >= 4 is 0 Å². The van der Waals surface area contributed by atoms with Gasteiger partial charge in [-0.25, -0.2) is 8.78 Å². The van der Waals surface area contributed by atoms with Gasteiger partial charge in [-0.2, -0.15) is 0 Å². The molecule has 0 bridgehead atoms. The monoisotopic (exact) mass is 263 g/mol. The summed E-state index contributed by atoms with van der Waals surface area (Å²) in [6.07, 6.45) is 4.16. The fourth-order valence-electron chi connectivity index (χ4n) is 1.92. The van der Waals surface area contributed by atoms with Crippen molar-refractivity contribution in [1.29, 1.82) is 0 Å². The van der Waals surface area contributed by atoms with Crippen molar-refractivity contribution in [3.63, 3.8) is 0 Å². The standard InChI is InChI=1S/C15H15F2NO/c16-13-5-4-12(15(17)9-13)8-14(19)6-3-11-2-1-7-18-10-11/h1-2,4-5,7,9-10,14,19H,3,6,8H2. The Morgan fingerprint density at radius 3 is 2.74 bits per heavy atom. The molecule has 2 nitrogen and oxygen atoms in total. The summed E-state index contributed by atoms with van der Waals surface area (Å²) in [6.45, 7) is 0. The number of pyridine rings is 1. The van der Waals surface area contributed by atoms with Crippen molar-refractivity contribution in [2.24, 2.45) is 0 Å². The van der Waals surface area contributed by atoms with Gasteiger partial charge in [0.15, 0.2) is 0 Å². The minimum atomic E-state index is -0.653. The van der Waals surface area contributed by atoms with Gasteiger partial charge < -0.3 is 5.11 Å². The molecule has 0 amide bonds. The first-order valence-corrected chi connectivity index (χ1v) is 6.16. The number of hydrogen-bond acceptors (Lipinski definition) is 2. The van der Waals surface area contributed by atoms with Crippen LogP contribution in [0.25, 0.3) is 0 Å². The maximum Gasteiger partial charge on any atom is 0.129 e. The van der Waals surface area contributed by atoms with E-state index in [4.69, 9.17) is 0 Å². The lowest BCUT2D eigenvalue weighted by molar-refractivity contribution is 0.164. The van der Waals surface area contributed by atoms with Gasteiger partial charge in [0.2, 0.25) is 0 Å². The highest BCUT2D eigenvalue weighted by atomic mass is 19.1. The Kier molecular flexibility index (Phi) is 4.58. The maximum atomic E-state index is 13.4. The van der Waals surface area contributed by atoms with Crippen LogP contribution in [0.4, 0.5) is 8.78 Å². The SMILES string of the molecule is OC(CCc1cccnc1)Cc1ccc(F)cc1F. The first-order valence-electron chi connectivity index (χ1n) is 6.16. The summed E-state index contributed by atoms with van der Waals surface area (Å²) in [4.78, 5) is 3.99. The predicted molar refractivity (Wildman–Crippen MR) is 68.6 cm³/mol. The Balaban J connectivity index is 1.89. The van der Waals surface area contributed by atoms with Crippen LogP contribution in [-0.2, 0) is 12.8 Å². The molecular formula is C15H15F2NO. The first kappa shape index (κ1) is 13.6. The van der Waals surface area contributed by atoms with E-state index in [9.17, 15) is 13.9 Å². The molecule has 1 aromatic heterocycles. The smallest absolute Gasteiger partial charge is 0.129 e. The van der Waals surface area contributed by atoms with E-state index in [2.05, 4.69) is 4.98 Å². The second-order valence-electron chi connectivity index (χ2n) is 4.49. The maximum absolute atomic E-state index is 13.4. The number of halogens is 2. The van der Waals surface area contributed by atoms with Crippen LogP contribution in [0.5, 0.6) is 0 Å². The van der Waals surface area contributed by atoms with Gasteiger partial charge in [0.25, 0.3) is 0 Å². The van der Waals surface area contributed by atoms with Crippen LogP contribution >= 0.6 is 0 Å². The molecule has 0 fully saturated rings. The van der Waals surface area contributed by atoms with Crippen molar-refractivity contribution in [3.8, 4) is 0 Å². The first-order chi connectivity index (χ1) is 9.15. The summed E-state index contributed by atoms with van der Waals surface area (Å²) in [7, 11) is 0. The molecule has 1 N–H and O–H groups in total. The number of aryl methyl sites for hydroxylation is 1. The fraction of sp³-hybridized carbons (Fsp3) is 0.267. The Hall–Kier alpha value is -1.81. The van der Waals surface area contributed by atoms with E-state index < -0.39 is 17.7 Å². The number of aliphatic hydroxyl groups is 1. The molecule has 0 aliphatic carbocycles. The molecule has 19 heavy (non-hydrogen) atoms. The summed E-state index contributed by atoms with van der Waals surface area (Å²) in [5, 5.41) is 9.88. The van der Waals surface area contributed by atoms with Crippen LogP contribution in [0, 0.1) is 11.6 Å². The van der Waals surface area contributed by atoms with E-state index in [1.165, 1.54) is 12.1 Å². The van der Waals surface area contributed by atoms with Gasteiger partial charge in [-0.3, -0.25) is 4.98 Å². The fourth-order valence-corrected chi connectivity index (χ4v) is 1.92. The highest BCUT2D eigenvalue weighted by molar-refractivity contribution is 5.19. The van der Waals surface area contributed by atoms with Gasteiger partial charge >= 0.3 is 0 Å². The molecular weight excluding hydrogens is 248 g/mol. The van der Waals surface area contributed by atoms with E-state index in [1.54, 1.807) is 12.4 Å². The summed E-state index contributed by atoms with van der Waals surface area (Å²) in [5.41, 5.74) is 1.36. The molecule has 1 atom stereocenters. The largest absolute Gasteiger partial charge is 0.393 e. The van der Waals surface area contributed by atoms with E-state index >= 15 is 0 Å². The molecule has 0 spiro atoms.